The lowest BCUT2D eigenvalue weighted by Crippen LogP contribution is -2.34. The summed E-state index contributed by atoms with van der Waals surface area (Å²) >= 11 is 0. The molecule has 0 aromatic rings. The van der Waals surface area contributed by atoms with E-state index in [1.54, 1.807) is 17.0 Å². The van der Waals surface area contributed by atoms with E-state index in [4.69, 9.17) is 15.4 Å². The molecule has 2 saturated heterocycles. The number of aliphatic hydroxyl groups excluding tert-OH is 1. The number of nitrogens with one attached hydrogen (secondary N) is 1. The Morgan fingerprint density at radius 2 is 2.44 bits per heavy atom. The number of hydrogen-bond acceptors (Lipinski definition) is 6. The summed E-state index contributed by atoms with van der Waals surface area (Å²) in [5, 5.41) is 15.4. The Labute approximate surface area is 92.8 Å². The van der Waals surface area contributed by atoms with Crippen molar-refractivity contribution in [2.24, 2.45) is 5.22 Å². The van der Waals surface area contributed by atoms with E-state index in [0.717, 1.165) is 0 Å². The maximum absolute atomic E-state index is 11.5. The number of cyclic esters (lactones) is 1. The van der Waals surface area contributed by atoms with Crippen molar-refractivity contribution in [3.8, 4) is 0 Å². The number of amides is 1. The van der Waals surface area contributed by atoms with Crippen LogP contribution in [0, 0.1) is 5.53 Å². The molecule has 4 atom stereocenters. The summed E-state index contributed by atoms with van der Waals surface area (Å²) in [7, 11) is 1.65. The maximum Gasteiger partial charge on any atom is 0.411 e. The fraction of sp³-hybridized carbons (Fsp3) is 0.875. The molecule has 2 aliphatic rings. The highest BCUT2D eigenvalue weighted by Crippen LogP contribution is 2.35. The predicted octanol–water partition coefficient (Wildman–Crippen LogP) is -0.378. The number of aliphatic hydroxyl groups is 1. The van der Waals surface area contributed by atoms with Gasteiger partial charge in [-0.25, -0.2) is 9.91 Å². The number of hydrazine groups is 1. The van der Waals surface area contributed by atoms with Gasteiger partial charge in [-0.05, 0) is 6.92 Å². The first-order chi connectivity index (χ1) is 7.60. The normalized spacial score (nSPS) is 37.2. The van der Waals surface area contributed by atoms with E-state index in [1.165, 1.54) is 5.12 Å². The first kappa shape index (κ1) is 11.1. The summed E-state index contributed by atoms with van der Waals surface area (Å²) in [5.41, 5.74) is 6.89. The van der Waals surface area contributed by atoms with Crippen molar-refractivity contribution in [1.29, 1.82) is 5.53 Å². The smallest absolute Gasteiger partial charge is 0.411 e. The molecule has 0 aromatic carbocycles. The Hall–Kier alpha value is -1.41. The molecule has 2 unspecified atom stereocenters. The molecular weight excluding hydrogens is 214 g/mol. The third-order valence-electron chi connectivity index (χ3n) is 2.93. The first-order valence-corrected chi connectivity index (χ1v) is 5.07. The summed E-state index contributed by atoms with van der Waals surface area (Å²) in [5.74, 6) is 0. The molecule has 2 rings (SSSR count). The number of rotatable bonds is 4. The summed E-state index contributed by atoms with van der Waals surface area (Å²) in [6.07, 6.45) is -0.986. The lowest BCUT2D eigenvalue weighted by Gasteiger charge is -2.16. The zero-order valence-electron chi connectivity index (χ0n) is 9.20. The van der Waals surface area contributed by atoms with Crippen LogP contribution in [0.4, 0.5) is 4.79 Å². The van der Waals surface area contributed by atoms with Gasteiger partial charge in [0.05, 0.1) is 19.2 Å². The van der Waals surface area contributed by atoms with E-state index in [0.29, 0.717) is 6.54 Å². The van der Waals surface area contributed by atoms with E-state index in [-0.39, 0.29) is 18.8 Å². The highest BCUT2D eigenvalue weighted by Gasteiger charge is 2.55. The molecular formula is C8H15N5O3. The lowest BCUT2D eigenvalue weighted by molar-refractivity contribution is 0.0617. The van der Waals surface area contributed by atoms with Gasteiger partial charge >= 0.3 is 6.09 Å². The van der Waals surface area contributed by atoms with Crippen LogP contribution in [0.5, 0.6) is 0 Å². The summed E-state index contributed by atoms with van der Waals surface area (Å²) in [6, 6.07) is 0.115. The standard InChI is InChI=1S/C8H15N5O3/c1-5-7(13(5)11(2)10-9)12-3-6(4-14)16-8(12)15/h5-7,9,14H,3-4H2,1-2H3/t5?,6-,7-,13?/m1/s1. The molecule has 2 fully saturated rings. The minimum atomic E-state index is -0.444. The molecule has 0 bridgehead atoms. The minimum absolute atomic E-state index is 0.115. The second-order valence-corrected chi connectivity index (χ2v) is 3.96. The van der Waals surface area contributed by atoms with Crippen LogP contribution in [0.2, 0.25) is 0 Å². The zero-order chi connectivity index (χ0) is 11.9. The molecule has 8 nitrogen and oxygen atoms in total. The quantitative estimate of drug-likeness (QED) is 0.389. The van der Waals surface area contributed by atoms with Crippen molar-refractivity contribution in [2.75, 3.05) is 20.2 Å². The molecule has 2 heterocycles. The lowest BCUT2D eigenvalue weighted by atomic mass is 10.3. The predicted molar refractivity (Wildman–Crippen MR) is 52.1 cm³/mol. The molecule has 8 heteroatoms. The number of ether oxygens (including phenoxy) is 1. The van der Waals surface area contributed by atoms with E-state index in [2.05, 4.69) is 5.22 Å². The van der Waals surface area contributed by atoms with Gasteiger partial charge in [0.25, 0.3) is 0 Å². The fourth-order valence-electron chi connectivity index (χ4n) is 2.06. The zero-order valence-corrected chi connectivity index (χ0v) is 9.20. The van der Waals surface area contributed by atoms with Crippen molar-refractivity contribution >= 4 is 6.09 Å². The van der Waals surface area contributed by atoms with Crippen LogP contribution in [0.15, 0.2) is 5.22 Å². The van der Waals surface area contributed by atoms with Gasteiger partial charge in [0, 0.05) is 7.05 Å². The van der Waals surface area contributed by atoms with E-state index < -0.39 is 12.2 Å². The van der Waals surface area contributed by atoms with Crippen molar-refractivity contribution in [1.82, 2.24) is 15.0 Å². The van der Waals surface area contributed by atoms with Crippen molar-refractivity contribution in [3.63, 3.8) is 0 Å². The summed E-state index contributed by atoms with van der Waals surface area (Å²) in [6.45, 7) is 2.15. The molecule has 90 valence electrons. The monoisotopic (exact) mass is 229 g/mol. The van der Waals surface area contributed by atoms with Crippen LogP contribution < -0.4 is 0 Å². The highest BCUT2D eigenvalue weighted by atomic mass is 16.6. The average molecular weight is 229 g/mol. The maximum atomic E-state index is 11.5. The minimum Gasteiger partial charge on any atom is -0.442 e. The van der Waals surface area contributed by atoms with Crippen molar-refractivity contribution < 1.29 is 14.6 Å². The van der Waals surface area contributed by atoms with Crippen LogP contribution in [0.1, 0.15) is 6.92 Å². The van der Waals surface area contributed by atoms with Gasteiger partial charge < -0.3 is 9.84 Å². The largest absolute Gasteiger partial charge is 0.442 e. The summed E-state index contributed by atoms with van der Waals surface area (Å²) < 4.78 is 4.95. The second kappa shape index (κ2) is 3.87. The summed E-state index contributed by atoms with van der Waals surface area (Å²) in [4.78, 5) is 13.0. The van der Waals surface area contributed by atoms with Crippen LogP contribution in [-0.4, -0.2) is 64.7 Å². The molecule has 1 amide bonds. The Morgan fingerprint density at radius 3 is 2.94 bits per heavy atom. The highest BCUT2D eigenvalue weighted by molar-refractivity contribution is 5.70. The van der Waals surface area contributed by atoms with Crippen LogP contribution in [-0.2, 0) is 4.74 Å². The molecule has 2 aliphatic heterocycles. The van der Waals surface area contributed by atoms with Crippen LogP contribution in [0.3, 0.4) is 0 Å². The average Bonchev–Trinajstić information content (AvgIpc) is 2.78. The van der Waals surface area contributed by atoms with Gasteiger partial charge in [0.2, 0.25) is 0 Å². The van der Waals surface area contributed by atoms with Gasteiger partial charge in [-0.15, -0.1) is 0 Å². The van der Waals surface area contributed by atoms with Crippen molar-refractivity contribution in [2.45, 2.75) is 25.2 Å². The van der Waals surface area contributed by atoms with Gasteiger partial charge in [-0.3, -0.25) is 4.90 Å². The van der Waals surface area contributed by atoms with E-state index in [1.807, 2.05) is 6.92 Å². The number of carbonyl (C=O) groups is 1. The molecule has 0 radical (unpaired) electrons. The fourth-order valence-corrected chi connectivity index (χ4v) is 2.06. The first-order valence-electron chi connectivity index (χ1n) is 5.07. The Balaban J connectivity index is 2.00. The third-order valence-corrected chi connectivity index (χ3v) is 2.93. The van der Waals surface area contributed by atoms with Gasteiger partial charge in [0.15, 0.2) is 0 Å². The number of hydrogen-bond donors (Lipinski definition) is 2. The third kappa shape index (κ3) is 1.59. The Morgan fingerprint density at radius 1 is 1.75 bits per heavy atom. The van der Waals surface area contributed by atoms with Gasteiger partial charge in [-0.1, -0.05) is 5.22 Å². The number of nitrogens with zero attached hydrogens (tertiary/aromatic N) is 4. The molecule has 0 spiro atoms. The van der Waals surface area contributed by atoms with Crippen LogP contribution in [0.25, 0.3) is 0 Å². The molecule has 0 aromatic heterocycles. The molecule has 16 heavy (non-hydrogen) atoms. The molecule has 2 N–H and O–H groups in total. The second-order valence-electron chi connectivity index (χ2n) is 3.96. The Kier molecular flexibility index (Phi) is 2.68. The Bertz CT molecular complexity index is 312. The van der Waals surface area contributed by atoms with Crippen molar-refractivity contribution in [3.05, 3.63) is 0 Å². The molecule has 0 aliphatic carbocycles. The van der Waals surface area contributed by atoms with E-state index >= 15 is 0 Å². The molecule has 0 saturated carbocycles. The van der Waals surface area contributed by atoms with Gasteiger partial charge in [-0.2, -0.15) is 10.5 Å². The SMILES string of the molecule is CC1[C@H](N2C[C@H](CO)OC2=O)N1N(C)N=N. The van der Waals surface area contributed by atoms with Gasteiger partial charge in [0.1, 0.15) is 12.3 Å². The van der Waals surface area contributed by atoms with Crippen LogP contribution >= 0.6 is 0 Å². The topological polar surface area (TPSA) is 92.2 Å². The van der Waals surface area contributed by atoms with E-state index in [9.17, 15) is 4.79 Å². The number of carbonyl (C=O) groups excluding carboxylic acids is 1.